The number of rotatable bonds is 2. The van der Waals surface area contributed by atoms with Gasteiger partial charge in [0.15, 0.2) is 0 Å². The molecule has 124 valence electrons. The smallest absolute Gasteiger partial charge is 0.211 e. The Balaban J connectivity index is 0.000000240. The normalized spacial score (nSPS) is 9.25. The Morgan fingerprint density at radius 3 is 1.67 bits per heavy atom. The van der Waals surface area contributed by atoms with E-state index < -0.39 is 5.82 Å². The summed E-state index contributed by atoms with van der Waals surface area (Å²) in [6.45, 7) is 3.82. The number of aryl methyl sites for hydroxylation is 2. The number of aliphatic imine (C=N–C) groups is 2. The molecule has 0 fully saturated rings. The Kier molecular flexibility index (Phi) is 8.39. The van der Waals surface area contributed by atoms with Gasteiger partial charge in [0.05, 0.1) is 5.69 Å². The summed E-state index contributed by atoms with van der Waals surface area (Å²) in [7, 11) is 0. The Bertz CT molecular complexity index is 741. The minimum atomic E-state index is -0.404. The van der Waals surface area contributed by atoms with Gasteiger partial charge in [-0.05, 0) is 81.1 Å². The van der Waals surface area contributed by atoms with Gasteiger partial charge in [-0.15, -0.1) is 0 Å². The van der Waals surface area contributed by atoms with E-state index in [0.29, 0.717) is 20.3 Å². The number of benzene rings is 2. The summed E-state index contributed by atoms with van der Waals surface area (Å²) in [6, 6.07) is 6.29. The maximum absolute atomic E-state index is 12.6. The van der Waals surface area contributed by atoms with Gasteiger partial charge in [0.1, 0.15) is 11.5 Å². The lowest BCUT2D eigenvalue weighted by Crippen LogP contribution is -1.80. The van der Waals surface area contributed by atoms with Crippen LogP contribution in [0.2, 0.25) is 0 Å². The van der Waals surface area contributed by atoms with E-state index in [2.05, 4.69) is 57.8 Å². The highest BCUT2D eigenvalue weighted by molar-refractivity contribution is 9.11. The molecule has 2 aromatic carbocycles. The van der Waals surface area contributed by atoms with Crippen LogP contribution in [-0.2, 0) is 9.59 Å². The van der Waals surface area contributed by atoms with E-state index in [1.165, 1.54) is 18.2 Å². The first kappa shape index (κ1) is 20.6. The third-order valence-corrected chi connectivity index (χ3v) is 4.42. The SMILES string of the molecule is Cc1cc(Br)cc(C)c1N=C=O.O=C=Nc1c(Br)cc(F)cc1Br. The van der Waals surface area contributed by atoms with Crippen molar-refractivity contribution in [2.45, 2.75) is 13.8 Å². The van der Waals surface area contributed by atoms with Crippen molar-refractivity contribution in [3.8, 4) is 0 Å². The summed E-state index contributed by atoms with van der Waals surface area (Å²) >= 11 is 9.47. The van der Waals surface area contributed by atoms with E-state index in [-0.39, 0.29) is 0 Å². The van der Waals surface area contributed by atoms with Gasteiger partial charge in [-0.25, -0.2) is 14.0 Å². The molecule has 0 aliphatic carbocycles. The maximum Gasteiger partial charge on any atom is 0.240 e. The molecule has 0 heterocycles. The minimum absolute atomic E-state index is 0.339. The van der Waals surface area contributed by atoms with Gasteiger partial charge in [0.2, 0.25) is 12.2 Å². The predicted octanol–water partition coefficient (Wildman–Crippen LogP) is 6.35. The van der Waals surface area contributed by atoms with Gasteiger partial charge in [0.25, 0.3) is 0 Å². The molecule has 0 aromatic heterocycles. The molecule has 0 aliphatic heterocycles. The van der Waals surface area contributed by atoms with Crippen LogP contribution < -0.4 is 0 Å². The van der Waals surface area contributed by atoms with Gasteiger partial charge >= 0.3 is 0 Å². The van der Waals surface area contributed by atoms with Crippen LogP contribution in [0.15, 0.2) is 47.7 Å². The lowest BCUT2D eigenvalue weighted by atomic mass is 10.1. The van der Waals surface area contributed by atoms with E-state index in [9.17, 15) is 14.0 Å². The Labute approximate surface area is 163 Å². The molecule has 0 spiro atoms. The molecule has 0 amide bonds. The fourth-order valence-electron chi connectivity index (χ4n) is 1.81. The van der Waals surface area contributed by atoms with Gasteiger partial charge in [-0.3, -0.25) is 0 Å². The van der Waals surface area contributed by atoms with Crippen molar-refractivity contribution in [1.29, 1.82) is 0 Å². The van der Waals surface area contributed by atoms with E-state index in [4.69, 9.17) is 0 Å². The molecule has 0 N–H and O–H groups in total. The molecule has 0 radical (unpaired) electrons. The van der Waals surface area contributed by atoms with E-state index in [1.54, 1.807) is 6.08 Å². The fourth-order valence-corrected chi connectivity index (χ4v) is 3.81. The van der Waals surface area contributed by atoms with E-state index in [0.717, 1.165) is 15.6 Å². The highest BCUT2D eigenvalue weighted by atomic mass is 79.9. The van der Waals surface area contributed by atoms with Crippen LogP contribution in [0.3, 0.4) is 0 Å². The van der Waals surface area contributed by atoms with Crippen molar-refractivity contribution in [1.82, 2.24) is 0 Å². The van der Waals surface area contributed by atoms with Crippen molar-refractivity contribution < 1.29 is 14.0 Å². The quantitative estimate of drug-likeness (QED) is 0.342. The monoisotopic (exact) mass is 518 g/mol. The number of nitrogens with zero attached hydrogens (tertiary/aromatic N) is 2. The van der Waals surface area contributed by atoms with Gasteiger partial charge in [0, 0.05) is 13.4 Å². The van der Waals surface area contributed by atoms with Crippen LogP contribution in [0, 0.1) is 19.7 Å². The zero-order valence-electron chi connectivity index (χ0n) is 12.5. The average Bonchev–Trinajstić information content (AvgIpc) is 2.47. The van der Waals surface area contributed by atoms with Gasteiger partial charge in [-0.2, -0.15) is 9.98 Å². The third-order valence-electron chi connectivity index (χ3n) is 2.75. The molecule has 8 heteroatoms. The summed E-state index contributed by atoms with van der Waals surface area (Å²) in [5.41, 5.74) is 3.01. The fraction of sp³-hybridized carbons (Fsp3) is 0.125. The number of hydrogen-bond acceptors (Lipinski definition) is 4. The van der Waals surface area contributed by atoms with Gasteiger partial charge < -0.3 is 0 Å². The third kappa shape index (κ3) is 5.89. The second kappa shape index (κ2) is 9.77. The summed E-state index contributed by atoms with van der Waals surface area (Å²) in [4.78, 5) is 27.0. The molecule has 0 unspecified atom stereocenters. The van der Waals surface area contributed by atoms with Crippen LogP contribution in [0.25, 0.3) is 0 Å². The number of carbonyl (C=O) groups excluding carboxylic acids is 2. The van der Waals surface area contributed by atoms with Crippen LogP contribution in [0.5, 0.6) is 0 Å². The Morgan fingerprint density at radius 2 is 1.25 bits per heavy atom. The summed E-state index contributed by atoms with van der Waals surface area (Å²) in [5.74, 6) is -0.404. The number of hydrogen-bond donors (Lipinski definition) is 0. The molecule has 0 saturated heterocycles. The lowest BCUT2D eigenvalue weighted by Gasteiger charge is -2.02. The van der Waals surface area contributed by atoms with Crippen molar-refractivity contribution in [2.24, 2.45) is 9.98 Å². The van der Waals surface area contributed by atoms with Gasteiger partial charge in [-0.1, -0.05) is 15.9 Å². The minimum Gasteiger partial charge on any atom is -0.211 e. The van der Waals surface area contributed by atoms with Crippen LogP contribution >= 0.6 is 47.8 Å². The van der Waals surface area contributed by atoms with Crippen LogP contribution in [0.4, 0.5) is 15.8 Å². The van der Waals surface area contributed by atoms with Crippen molar-refractivity contribution in [3.63, 3.8) is 0 Å². The first-order chi connectivity index (χ1) is 11.3. The zero-order chi connectivity index (χ0) is 18.3. The van der Waals surface area contributed by atoms with E-state index in [1.807, 2.05) is 26.0 Å². The Morgan fingerprint density at radius 1 is 0.833 bits per heavy atom. The molecule has 0 saturated carbocycles. The molecule has 2 rings (SSSR count). The van der Waals surface area contributed by atoms with Crippen molar-refractivity contribution in [3.05, 3.63) is 54.6 Å². The first-order valence-electron chi connectivity index (χ1n) is 6.37. The predicted molar refractivity (Wildman–Crippen MR) is 101 cm³/mol. The summed E-state index contributed by atoms with van der Waals surface area (Å²) in [5, 5.41) is 0. The van der Waals surface area contributed by atoms with E-state index >= 15 is 0 Å². The molecule has 0 aliphatic rings. The second-order valence-electron chi connectivity index (χ2n) is 4.51. The van der Waals surface area contributed by atoms with Crippen LogP contribution in [-0.4, -0.2) is 12.2 Å². The highest BCUT2D eigenvalue weighted by Crippen LogP contribution is 2.33. The lowest BCUT2D eigenvalue weighted by molar-refractivity contribution is 0.564. The molecule has 0 bridgehead atoms. The number of halogens is 4. The first-order valence-corrected chi connectivity index (χ1v) is 8.75. The van der Waals surface area contributed by atoms with Crippen molar-refractivity contribution in [2.75, 3.05) is 0 Å². The largest absolute Gasteiger partial charge is 0.240 e. The molecular weight excluding hydrogens is 511 g/mol. The molecule has 24 heavy (non-hydrogen) atoms. The molecule has 2 aromatic rings. The summed E-state index contributed by atoms with van der Waals surface area (Å²) in [6.07, 6.45) is 2.92. The molecule has 4 nitrogen and oxygen atoms in total. The maximum atomic E-state index is 12.6. The number of isocyanates is 2. The molecular formula is C16H10Br3FN2O2. The average molecular weight is 521 g/mol. The highest BCUT2D eigenvalue weighted by Gasteiger charge is 2.05. The van der Waals surface area contributed by atoms with Crippen molar-refractivity contribution >= 4 is 71.3 Å². The topological polar surface area (TPSA) is 58.9 Å². The molecule has 0 atom stereocenters. The Hall–Kier alpha value is -1.43. The standard InChI is InChI=1S/C9H8BrNO.C7H2Br2FNO/c1-6-3-8(10)4-7(2)9(6)11-5-12;8-5-1-4(10)2-6(9)7(5)11-3-12/h3-4H,1-2H3;1-2H. The van der Waals surface area contributed by atoms with Crippen LogP contribution in [0.1, 0.15) is 11.1 Å². The second-order valence-corrected chi connectivity index (χ2v) is 7.14. The summed E-state index contributed by atoms with van der Waals surface area (Å²) < 4.78 is 14.5. The zero-order valence-corrected chi connectivity index (χ0v) is 17.3.